The van der Waals surface area contributed by atoms with Crippen LogP contribution in [0.5, 0.6) is 5.75 Å². The molecule has 1 aromatic rings. The zero-order valence-corrected chi connectivity index (χ0v) is 12.7. The number of likely N-dealkylation sites (N-methyl/N-ethyl adjacent to an activating group) is 1. The number of hydrogen-bond acceptors (Lipinski definition) is 4. The van der Waals surface area contributed by atoms with Crippen molar-refractivity contribution in [3.8, 4) is 5.75 Å². The van der Waals surface area contributed by atoms with Gasteiger partial charge in [-0.15, -0.1) is 0 Å². The lowest BCUT2D eigenvalue weighted by molar-refractivity contribution is -0.121. The van der Waals surface area contributed by atoms with E-state index in [1.807, 2.05) is 19.0 Å². The third-order valence-electron chi connectivity index (χ3n) is 2.71. The van der Waals surface area contributed by atoms with Crippen LogP contribution >= 0.6 is 11.6 Å². The van der Waals surface area contributed by atoms with Gasteiger partial charge in [0.05, 0.1) is 12.0 Å². The molecule has 1 amide bonds. The highest BCUT2D eigenvalue weighted by Crippen LogP contribution is 2.21. The summed E-state index contributed by atoms with van der Waals surface area (Å²) in [6.07, 6.45) is 0.108. The van der Waals surface area contributed by atoms with E-state index < -0.39 is 5.60 Å². The maximum atomic E-state index is 11.8. The van der Waals surface area contributed by atoms with Crippen LogP contribution in [-0.4, -0.2) is 53.8 Å². The smallest absolute Gasteiger partial charge is 0.224 e. The number of phenols is 1. The number of aliphatic hydroxyl groups is 1. The van der Waals surface area contributed by atoms with Crippen molar-refractivity contribution in [2.75, 3.05) is 27.2 Å². The molecule has 0 heterocycles. The summed E-state index contributed by atoms with van der Waals surface area (Å²) in [4.78, 5) is 13.7. The predicted molar refractivity (Wildman–Crippen MR) is 79.0 cm³/mol. The Morgan fingerprint density at radius 1 is 1.45 bits per heavy atom. The molecule has 0 radical (unpaired) electrons. The summed E-state index contributed by atoms with van der Waals surface area (Å²) in [5, 5.41) is 22.3. The minimum atomic E-state index is -0.988. The van der Waals surface area contributed by atoms with E-state index in [-0.39, 0.29) is 24.6 Å². The number of hydrogen-bond donors (Lipinski definition) is 3. The minimum Gasteiger partial charge on any atom is -0.508 e. The molecule has 1 aromatic carbocycles. The molecule has 0 saturated heterocycles. The number of amides is 1. The molecule has 0 aliphatic carbocycles. The lowest BCUT2D eigenvalue weighted by Gasteiger charge is -2.27. The second kappa shape index (κ2) is 6.92. The van der Waals surface area contributed by atoms with Gasteiger partial charge in [0.2, 0.25) is 5.91 Å². The Hall–Kier alpha value is -1.30. The highest BCUT2D eigenvalue weighted by Gasteiger charge is 2.22. The fraction of sp³-hybridized carbons (Fsp3) is 0.500. The summed E-state index contributed by atoms with van der Waals surface area (Å²) in [6.45, 7) is 2.29. The summed E-state index contributed by atoms with van der Waals surface area (Å²) in [5.41, 5.74) is -0.355. The highest BCUT2D eigenvalue weighted by molar-refractivity contribution is 6.31. The van der Waals surface area contributed by atoms with Gasteiger partial charge in [-0.05, 0) is 38.7 Å². The zero-order valence-electron chi connectivity index (χ0n) is 12.0. The number of phenolic OH excluding ortho intramolecular Hbond substituents is 1. The van der Waals surface area contributed by atoms with E-state index in [9.17, 15) is 15.0 Å². The number of rotatable bonds is 6. The van der Waals surface area contributed by atoms with Crippen molar-refractivity contribution in [1.29, 1.82) is 0 Å². The van der Waals surface area contributed by atoms with Crippen molar-refractivity contribution in [2.45, 2.75) is 18.9 Å². The van der Waals surface area contributed by atoms with E-state index in [4.69, 9.17) is 11.6 Å². The van der Waals surface area contributed by atoms with Crippen LogP contribution in [-0.2, 0) is 11.2 Å². The molecule has 1 atom stereocenters. The molecule has 0 bridgehead atoms. The van der Waals surface area contributed by atoms with E-state index in [2.05, 4.69) is 5.32 Å². The fourth-order valence-electron chi connectivity index (χ4n) is 1.94. The maximum Gasteiger partial charge on any atom is 0.224 e. The van der Waals surface area contributed by atoms with Gasteiger partial charge in [0.1, 0.15) is 5.75 Å². The van der Waals surface area contributed by atoms with Gasteiger partial charge in [-0.1, -0.05) is 17.7 Å². The van der Waals surface area contributed by atoms with Crippen LogP contribution in [0.1, 0.15) is 12.5 Å². The van der Waals surface area contributed by atoms with Crippen molar-refractivity contribution in [3.05, 3.63) is 28.8 Å². The molecule has 0 fully saturated rings. The zero-order chi connectivity index (χ0) is 15.3. The van der Waals surface area contributed by atoms with Crippen molar-refractivity contribution < 1.29 is 15.0 Å². The number of carbonyl (C=O) groups excluding carboxylic acids is 1. The highest BCUT2D eigenvalue weighted by atomic mass is 35.5. The largest absolute Gasteiger partial charge is 0.508 e. The third-order valence-corrected chi connectivity index (χ3v) is 3.06. The molecule has 112 valence electrons. The summed E-state index contributed by atoms with van der Waals surface area (Å²) in [7, 11) is 3.71. The number of benzene rings is 1. The molecule has 0 aliphatic heterocycles. The molecule has 5 nitrogen and oxygen atoms in total. The lowest BCUT2D eigenvalue weighted by Crippen LogP contribution is -2.47. The van der Waals surface area contributed by atoms with Gasteiger partial charge in [0, 0.05) is 18.1 Å². The Morgan fingerprint density at radius 3 is 2.65 bits per heavy atom. The van der Waals surface area contributed by atoms with Gasteiger partial charge in [-0.3, -0.25) is 4.79 Å². The van der Waals surface area contributed by atoms with E-state index in [1.54, 1.807) is 13.0 Å². The van der Waals surface area contributed by atoms with Crippen LogP contribution in [0, 0.1) is 0 Å². The quantitative estimate of drug-likeness (QED) is 0.733. The standard InChI is InChI=1S/C14H21ClN2O3/c1-14(20,9-17(2)3)8-16-13(19)6-10-4-5-11(18)7-12(10)15/h4-5,7,18,20H,6,8-9H2,1-3H3,(H,16,19). The summed E-state index contributed by atoms with van der Waals surface area (Å²) < 4.78 is 0. The van der Waals surface area contributed by atoms with Crippen LogP contribution in [0.25, 0.3) is 0 Å². The topological polar surface area (TPSA) is 72.8 Å². The van der Waals surface area contributed by atoms with Gasteiger partial charge in [0.25, 0.3) is 0 Å². The average molecular weight is 301 g/mol. The van der Waals surface area contributed by atoms with E-state index >= 15 is 0 Å². The van der Waals surface area contributed by atoms with Gasteiger partial charge < -0.3 is 20.4 Å². The first-order valence-electron chi connectivity index (χ1n) is 6.31. The number of nitrogens with one attached hydrogen (secondary N) is 1. The summed E-state index contributed by atoms with van der Waals surface area (Å²) >= 11 is 5.94. The molecule has 0 spiro atoms. The Labute approximate surface area is 124 Å². The van der Waals surface area contributed by atoms with Crippen LogP contribution in [0.15, 0.2) is 18.2 Å². The molecule has 0 aliphatic rings. The Bertz CT molecular complexity index is 475. The molecule has 20 heavy (non-hydrogen) atoms. The first-order valence-corrected chi connectivity index (χ1v) is 6.68. The molecule has 3 N–H and O–H groups in total. The second-order valence-corrected chi connectivity index (χ2v) is 5.87. The lowest BCUT2D eigenvalue weighted by atomic mass is 10.1. The second-order valence-electron chi connectivity index (χ2n) is 5.46. The molecular weight excluding hydrogens is 280 g/mol. The van der Waals surface area contributed by atoms with Gasteiger partial charge >= 0.3 is 0 Å². The van der Waals surface area contributed by atoms with Crippen molar-refractivity contribution in [2.24, 2.45) is 0 Å². The fourth-order valence-corrected chi connectivity index (χ4v) is 2.18. The van der Waals surface area contributed by atoms with Crippen molar-refractivity contribution >= 4 is 17.5 Å². The van der Waals surface area contributed by atoms with E-state index in [1.165, 1.54) is 12.1 Å². The molecule has 6 heteroatoms. The van der Waals surface area contributed by atoms with Crippen LogP contribution in [0.3, 0.4) is 0 Å². The average Bonchev–Trinajstić information content (AvgIpc) is 2.29. The SMILES string of the molecule is CN(C)CC(C)(O)CNC(=O)Cc1ccc(O)cc1Cl. The van der Waals surface area contributed by atoms with E-state index in [0.29, 0.717) is 17.1 Å². The number of carbonyl (C=O) groups is 1. The molecule has 0 aromatic heterocycles. The van der Waals surface area contributed by atoms with Crippen LogP contribution < -0.4 is 5.32 Å². The number of halogens is 1. The summed E-state index contributed by atoms with van der Waals surface area (Å²) in [5.74, 6) is -0.162. The first kappa shape index (κ1) is 16.8. The van der Waals surface area contributed by atoms with Crippen molar-refractivity contribution in [3.63, 3.8) is 0 Å². The molecular formula is C14H21ClN2O3. The third kappa shape index (κ3) is 5.77. The van der Waals surface area contributed by atoms with E-state index in [0.717, 1.165) is 0 Å². The molecule has 1 unspecified atom stereocenters. The van der Waals surface area contributed by atoms with Gasteiger partial charge in [-0.2, -0.15) is 0 Å². The monoisotopic (exact) mass is 300 g/mol. The number of nitrogens with zero attached hydrogens (tertiary/aromatic N) is 1. The summed E-state index contributed by atoms with van der Waals surface area (Å²) in [6, 6.07) is 4.48. The normalized spacial score (nSPS) is 14.1. The maximum absolute atomic E-state index is 11.8. The van der Waals surface area contributed by atoms with Crippen molar-refractivity contribution in [1.82, 2.24) is 10.2 Å². The molecule has 0 saturated carbocycles. The van der Waals surface area contributed by atoms with Gasteiger partial charge in [0.15, 0.2) is 0 Å². The minimum absolute atomic E-state index is 0.0630. The molecule has 1 rings (SSSR count). The number of aromatic hydroxyl groups is 1. The van der Waals surface area contributed by atoms with Crippen LogP contribution in [0.2, 0.25) is 5.02 Å². The Morgan fingerprint density at radius 2 is 2.10 bits per heavy atom. The Kier molecular flexibility index (Phi) is 5.80. The van der Waals surface area contributed by atoms with Gasteiger partial charge in [-0.25, -0.2) is 0 Å². The predicted octanol–water partition coefficient (Wildman–Crippen LogP) is 1.02. The van der Waals surface area contributed by atoms with Crippen LogP contribution in [0.4, 0.5) is 0 Å². The Balaban J connectivity index is 2.52. The first-order chi connectivity index (χ1) is 9.19.